The van der Waals surface area contributed by atoms with Crippen molar-refractivity contribution in [1.82, 2.24) is 25.3 Å². The number of amides is 1. The van der Waals surface area contributed by atoms with Crippen LogP contribution in [0.3, 0.4) is 0 Å². The number of carbonyl (C=O) groups excluding carboxylic acids is 1. The molecule has 7 nitrogen and oxygen atoms in total. The lowest BCUT2D eigenvalue weighted by Gasteiger charge is -2.17. The number of nitrogens with zero attached hydrogens (tertiary/aromatic N) is 4. The smallest absolute Gasteiger partial charge is 0.207 e. The van der Waals surface area contributed by atoms with E-state index in [0.717, 1.165) is 46.9 Å². The van der Waals surface area contributed by atoms with Crippen LogP contribution in [0.15, 0.2) is 24.8 Å². The molecule has 0 saturated carbocycles. The third-order valence-electron chi connectivity index (χ3n) is 4.16. The van der Waals surface area contributed by atoms with Crippen molar-refractivity contribution < 1.29 is 4.79 Å². The second-order valence-electron chi connectivity index (χ2n) is 5.63. The zero-order valence-corrected chi connectivity index (χ0v) is 13.2. The fourth-order valence-electron chi connectivity index (χ4n) is 3.06. The van der Waals surface area contributed by atoms with Gasteiger partial charge in [0.25, 0.3) is 0 Å². The Morgan fingerprint density at radius 3 is 3.08 bits per heavy atom. The molecule has 3 aromatic rings. The molecular formula is C17H18N6O. The number of H-pyrrole nitrogens is 1. The molecular weight excluding hydrogens is 304 g/mol. The maximum absolute atomic E-state index is 10.4. The number of nitriles is 1. The summed E-state index contributed by atoms with van der Waals surface area (Å²) in [5, 5.41) is 13.6. The van der Waals surface area contributed by atoms with Gasteiger partial charge in [-0.1, -0.05) is 0 Å². The van der Waals surface area contributed by atoms with Crippen molar-refractivity contribution in [3.05, 3.63) is 30.5 Å². The lowest BCUT2D eigenvalue weighted by molar-refractivity contribution is -0.109. The third kappa shape index (κ3) is 3.18. The second-order valence-corrected chi connectivity index (χ2v) is 5.63. The molecule has 0 radical (unpaired) electrons. The lowest BCUT2D eigenvalue weighted by Crippen LogP contribution is -2.14. The van der Waals surface area contributed by atoms with Crippen molar-refractivity contribution in [2.24, 2.45) is 0 Å². The standard InChI is InChI=1S/C17H18N6O/c18-6-1-3-12(4-2-7-19-11-24)16-15-13-5-8-20-17(13)21-9-14(15)22-10-23-16/h5,8-12H,1-4,7H2,(H,19,24)(H,20,21). The Balaban J connectivity index is 2.00. The van der Waals surface area contributed by atoms with Gasteiger partial charge in [0.05, 0.1) is 23.5 Å². The summed E-state index contributed by atoms with van der Waals surface area (Å²) in [4.78, 5) is 26.8. The van der Waals surface area contributed by atoms with Crippen molar-refractivity contribution in [1.29, 1.82) is 5.26 Å². The second kappa shape index (κ2) is 7.51. The van der Waals surface area contributed by atoms with Gasteiger partial charge in [-0.2, -0.15) is 5.26 Å². The van der Waals surface area contributed by atoms with Crippen molar-refractivity contribution in [3.8, 4) is 6.07 Å². The molecule has 24 heavy (non-hydrogen) atoms. The Labute approximate surface area is 139 Å². The minimum atomic E-state index is 0.143. The molecule has 2 N–H and O–H groups in total. The highest BCUT2D eigenvalue weighted by atomic mass is 16.1. The molecule has 0 aliphatic rings. The molecule has 1 unspecified atom stereocenters. The summed E-state index contributed by atoms with van der Waals surface area (Å²) in [5.74, 6) is 0.143. The van der Waals surface area contributed by atoms with Crippen LogP contribution in [0.4, 0.5) is 0 Å². The minimum Gasteiger partial charge on any atom is -0.359 e. The first-order chi connectivity index (χ1) is 11.8. The van der Waals surface area contributed by atoms with E-state index in [-0.39, 0.29) is 5.92 Å². The number of aromatic amines is 1. The molecule has 0 spiro atoms. The average Bonchev–Trinajstić information content (AvgIpc) is 3.09. The van der Waals surface area contributed by atoms with Crippen LogP contribution in [0.2, 0.25) is 0 Å². The average molecular weight is 322 g/mol. The van der Waals surface area contributed by atoms with Gasteiger partial charge in [0.2, 0.25) is 6.41 Å². The van der Waals surface area contributed by atoms with E-state index in [1.165, 1.54) is 0 Å². The van der Waals surface area contributed by atoms with E-state index in [9.17, 15) is 4.79 Å². The van der Waals surface area contributed by atoms with E-state index in [1.807, 2.05) is 12.3 Å². The van der Waals surface area contributed by atoms with Gasteiger partial charge in [-0.25, -0.2) is 15.0 Å². The number of aromatic nitrogens is 4. The molecule has 0 fully saturated rings. The quantitative estimate of drug-likeness (QED) is 0.489. The first-order valence-electron chi connectivity index (χ1n) is 7.96. The van der Waals surface area contributed by atoms with Gasteiger partial charge >= 0.3 is 0 Å². The molecule has 3 rings (SSSR count). The summed E-state index contributed by atoms with van der Waals surface area (Å²) < 4.78 is 0. The maximum atomic E-state index is 10.4. The van der Waals surface area contributed by atoms with Gasteiger partial charge in [-0.05, 0) is 25.3 Å². The normalized spacial score (nSPS) is 12.1. The van der Waals surface area contributed by atoms with Crippen LogP contribution in [0.25, 0.3) is 21.9 Å². The number of rotatable bonds is 8. The van der Waals surface area contributed by atoms with E-state index < -0.39 is 0 Å². The predicted octanol–water partition coefficient (Wildman–Crippen LogP) is 2.42. The molecule has 7 heteroatoms. The first-order valence-corrected chi connectivity index (χ1v) is 7.96. The summed E-state index contributed by atoms with van der Waals surface area (Å²) in [6, 6.07) is 4.20. The van der Waals surface area contributed by atoms with Crippen LogP contribution in [-0.4, -0.2) is 32.9 Å². The molecule has 0 saturated heterocycles. The molecule has 0 aliphatic carbocycles. The summed E-state index contributed by atoms with van der Waals surface area (Å²) in [6.07, 6.45) is 8.75. The van der Waals surface area contributed by atoms with Crippen LogP contribution < -0.4 is 5.32 Å². The number of carbonyl (C=O) groups is 1. The van der Waals surface area contributed by atoms with Crippen LogP contribution in [0, 0.1) is 11.3 Å². The Bertz CT molecular complexity index is 882. The van der Waals surface area contributed by atoms with Gasteiger partial charge in [-0.15, -0.1) is 0 Å². The van der Waals surface area contributed by atoms with E-state index >= 15 is 0 Å². The molecule has 1 atom stereocenters. The Morgan fingerprint density at radius 2 is 2.25 bits per heavy atom. The number of fused-ring (bicyclic) bond motifs is 3. The molecule has 0 aromatic carbocycles. The predicted molar refractivity (Wildman–Crippen MR) is 90.1 cm³/mol. The molecule has 0 bridgehead atoms. The zero-order valence-electron chi connectivity index (χ0n) is 13.2. The summed E-state index contributed by atoms with van der Waals surface area (Å²) in [6.45, 7) is 0.622. The van der Waals surface area contributed by atoms with E-state index in [1.54, 1.807) is 12.5 Å². The third-order valence-corrected chi connectivity index (χ3v) is 4.16. The molecule has 0 aliphatic heterocycles. The Hall–Kier alpha value is -3.01. The van der Waals surface area contributed by atoms with Crippen molar-refractivity contribution in [2.75, 3.05) is 6.54 Å². The number of hydrogen-bond acceptors (Lipinski definition) is 5. The summed E-state index contributed by atoms with van der Waals surface area (Å²) in [5.41, 5.74) is 2.56. The fraction of sp³-hybridized carbons (Fsp3) is 0.353. The molecule has 1 amide bonds. The topological polar surface area (TPSA) is 107 Å². The van der Waals surface area contributed by atoms with Gasteiger partial charge in [-0.3, -0.25) is 4.79 Å². The highest BCUT2D eigenvalue weighted by molar-refractivity contribution is 6.04. The fourth-order valence-corrected chi connectivity index (χ4v) is 3.06. The highest BCUT2D eigenvalue weighted by Crippen LogP contribution is 2.32. The molecule has 122 valence electrons. The van der Waals surface area contributed by atoms with Crippen molar-refractivity contribution in [2.45, 2.75) is 31.6 Å². The Morgan fingerprint density at radius 1 is 1.33 bits per heavy atom. The maximum Gasteiger partial charge on any atom is 0.207 e. The van der Waals surface area contributed by atoms with Crippen LogP contribution >= 0.6 is 0 Å². The van der Waals surface area contributed by atoms with Gasteiger partial charge in [0.1, 0.15) is 12.0 Å². The van der Waals surface area contributed by atoms with E-state index in [4.69, 9.17) is 5.26 Å². The first kappa shape index (κ1) is 15.9. The van der Waals surface area contributed by atoms with Crippen LogP contribution in [0.5, 0.6) is 0 Å². The highest BCUT2D eigenvalue weighted by Gasteiger charge is 2.18. The zero-order chi connectivity index (χ0) is 16.8. The lowest BCUT2D eigenvalue weighted by atomic mass is 9.91. The largest absolute Gasteiger partial charge is 0.359 e. The van der Waals surface area contributed by atoms with Gasteiger partial charge in [0.15, 0.2) is 0 Å². The summed E-state index contributed by atoms with van der Waals surface area (Å²) in [7, 11) is 0. The van der Waals surface area contributed by atoms with Crippen LogP contribution in [0.1, 0.15) is 37.3 Å². The minimum absolute atomic E-state index is 0.143. The van der Waals surface area contributed by atoms with Gasteiger partial charge in [0, 0.05) is 35.9 Å². The SMILES string of the molecule is N#CCCC(CCCNC=O)c1ncnc2cnc3[nH]ccc3c12. The molecule has 3 heterocycles. The van der Waals surface area contributed by atoms with E-state index in [0.29, 0.717) is 19.4 Å². The number of pyridine rings is 1. The van der Waals surface area contributed by atoms with Crippen molar-refractivity contribution >= 4 is 28.3 Å². The number of hydrogen-bond donors (Lipinski definition) is 2. The monoisotopic (exact) mass is 322 g/mol. The molecule has 3 aromatic heterocycles. The Kier molecular flexibility index (Phi) is 4.96. The van der Waals surface area contributed by atoms with Crippen LogP contribution in [-0.2, 0) is 4.79 Å². The number of nitrogens with one attached hydrogen (secondary N) is 2. The van der Waals surface area contributed by atoms with E-state index in [2.05, 4.69) is 31.3 Å². The van der Waals surface area contributed by atoms with Gasteiger partial charge < -0.3 is 10.3 Å². The van der Waals surface area contributed by atoms with Crippen molar-refractivity contribution in [3.63, 3.8) is 0 Å². The summed E-state index contributed by atoms with van der Waals surface area (Å²) >= 11 is 0.